The van der Waals surface area contributed by atoms with Gasteiger partial charge in [-0.2, -0.15) is 0 Å². The monoisotopic (exact) mass is 523 g/mol. The second-order valence-electron chi connectivity index (χ2n) is 9.82. The Kier molecular flexibility index (Phi) is 8.18. The Bertz CT molecular complexity index is 1290. The highest BCUT2D eigenvalue weighted by Crippen LogP contribution is 2.51. The van der Waals surface area contributed by atoms with Gasteiger partial charge in [0, 0.05) is 31.1 Å². The van der Waals surface area contributed by atoms with Gasteiger partial charge in [-0.25, -0.2) is 4.79 Å². The average Bonchev–Trinajstić information content (AvgIpc) is 3.37. The summed E-state index contributed by atoms with van der Waals surface area (Å²) in [5.74, 6) is -1.67. The van der Waals surface area contributed by atoms with Crippen LogP contribution >= 0.6 is 0 Å². The van der Waals surface area contributed by atoms with Gasteiger partial charge in [0.05, 0.1) is 25.2 Å². The Labute approximate surface area is 229 Å². The predicted molar refractivity (Wildman–Crippen MR) is 149 cm³/mol. The molecule has 4 atom stereocenters. The van der Waals surface area contributed by atoms with Crippen LogP contribution in [0.4, 0.5) is 4.79 Å². The summed E-state index contributed by atoms with van der Waals surface area (Å²) in [4.78, 5) is 46.1. The molecule has 0 saturated carbocycles. The average molecular weight is 524 g/mol. The van der Waals surface area contributed by atoms with Crippen molar-refractivity contribution < 1.29 is 19.1 Å². The maximum absolute atomic E-state index is 14.4. The van der Waals surface area contributed by atoms with Crippen molar-refractivity contribution in [3.8, 4) is 0 Å². The Morgan fingerprint density at radius 1 is 0.846 bits per heavy atom. The van der Waals surface area contributed by atoms with E-state index in [-0.39, 0.29) is 24.3 Å². The van der Waals surface area contributed by atoms with Crippen LogP contribution in [0.15, 0.2) is 104 Å². The van der Waals surface area contributed by atoms with Crippen LogP contribution in [-0.4, -0.2) is 66.4 Å². The first-order chi connectivity index (χ1) is 19.1. The van der Waals surface area contributed by atoms with E-state index < -0.39 is 23.9 Å². The number of Topliss-reactive ketones (excluding diaryl/α,β-unsaturated/α-hetero) is 1. The fourth-order valence-electron chi connectivity index (χ4n) is 5.82. The predicted octanol–water partition coefficient (Wildman–Crippen LogP) is 4.45. The molecule has 4 unspecified atom stereocenters. The summed E-state index contributed by atoms with van der Waals surface area (Å²) in [6, 6.07) is 26.5. The third kappa shape index (κ3) is 5.36. The molecule has 1 N–H and O–H groups in total. The highest BCUT2D eigenvalue weighted by Gasteiger charge is 2.58. The third-order valence-corrected chi connectivity index (χ3v) is 7.54. The first-order valence-corrected chi connectivity index (χ1v) is 13.3. The molecule has 2 fully saturated rings. The van der Waals surface area contributed by atoms with Crippen LogP contribution < -0.4 is 5.32 Å². The van der Waals surface area contributed by atoms with Gasteiger partial charge >= 0.3 is 6.03 Å². The highest BCUT2D eigenvalue weighted by molar-refractivity contribution is 6.01. The normalized spacial score (nSPS) is 22.8. The fourth-order valence-corrected chi connectivity index (χ4v) is 5.82. The summed E-state index contributed by atoms with van der Waals surface area (Å²) >= 11 is 0. The molecule has 0 aliphatic carbocycles. The van der Waals surface area contributed by atoms with Gasteiger partial charge in [0.25, 0.3) is 0 Å². The SMILES string of the molecule is C=CCNC(=O)C1C(c2ccccc2)C(C(=O)c2ccccc2)C(c2ccccc2)N1C(=O)N1CCOCC1. The summed E-state index contributed by atoms with van der Waals surface area (Å²) in [6.45, 7) is 5.69. The number of morpholine rings is 1. The molecule has 0 aromatic heterocycles. The number of carbonyl (C=O) groups excluding carboxylic acids is 3. The summed E-state index contributed by atoms with van der Waals surface area (Å²) < 4.78 is 5.50. The molecule has 7 nitrogen and oxygen atoms in total. The van der Waals surface area contributed by atoms with E-state index in [9.17, 15) is 14.4 Å². The lowest BCUT2D eigenvalue weighted by Gasteiger charge is -2.37. The zero-order chi connectivity index (χ0) is 27.2. The maximum Gasteiger partial charge on any atom is 0.321 e. The van der Waals surface area contributed by atoms with Crippen LogP contribution in [0.5, 0.6) is 0 Å². The minimum absolute atomic E-state index is 0.0999. The summed E-state index contributed by atoms with van der Waals surface area (Å²) in [6.07, 6.45) is 1.61. The van der Waals surface area contributed by atoms with Crippen molar-refractivity contribution in [2.75, 3.05) is 32.8 Å². The second-order valence-corrected chi connectivity index (χ2v) is 9.82. The van der Waals surface area contributed by atoms with Crippen LogP contribution in [0.1, 0.15) is 33.4 Å². The zero-order valence-corrected chi connectivity index (χ0v) is 21.8. The third-order valence-electron chi connectivity index (χ3n) is 7.54. The van der Waals surface area contributed by atoms with E-state index >= 15 is 0 Å². The van der Waals surface area contributed by atoms with E-state index in [0.29, 0.717) is 31.9 Å². The number of amides is 3. The van der Waals surface area contributed by atoms with Gasteiger partial charge in [-0.15, -0.1) is 6.58 Å². The molecule has 7 heteroatoms. The number of hydrogen-bond donors (Lipinski definition) is 1. The van der Waals surface area contributed by atoms with E-state index in [1.807, 2.05) is 78.9 Å². The lowest BCUT2D eigenvalue weighted by molar-refractivity contribution is -0.125. The standard InChI is InChI=1S/C32H33N3O4/c1-2-18-33-31(37)29-26(23-12-6-3-7-13-23)27(30(36)25-16-10-5-11-17-25)28(24-14-8-4-9-15-24)35(29)32(38)34-19-21-39-22-20-34/h2-17,26-29H,1,18-22H2,(H,33,37). The molecule has 200 valence electrons. The van der Waals surface area contributed by atoms with Gasteiger partial charge in [0.2, 0.25) is 5.91 Å². The number of urea groups is 1. The molecule has 3 amide bonds. The molecule has 2 aliphatic rings. The Balaban J connectivity index is 1.72. The van der Waals surface area contributed by atoms with Crippen LogP contribution in [0.25, 0.3) is 0 Å². The first kappa shape index (κ1) is 26.4. The largest absolute Gasteiger partial charge is 0.378 e. The molecule has 3 aromatic carbocycles. The molecule has 39 heavy (non-hydrogen) atoms. The van der Waals surface area contributed by atoms with Gasteiger partial charge in [0.1, 0.15) is 6.04 Å². The number of rotatable bonds is 7. The molecule has 2 saturated heterocycles. The maximum atomic E-state index is 14.4. The molecule has 2 heterocycles. The summed E-state index contributed by atoms with van der Waals surface area (Å²) in [7, 11) is 0. The van der Waals surface area contributed by atoms with Gasteiger partial charge in [-0.3, -0.25) is 9.59 Å². The van der Waals surface area contributed by atoms with E-state index in [1.54, 1.807) is 28.0 Å². The van der Waals surface area contributed by atoms with Crippen LogP contribution in [-0.2, 0) is 9.53 Å². The molecule has 0 bridgehead atoms. The van der Waals surface area contributed by atoms with E-state index in [2.05, 4.69) is 11.9 Å². The lowest BCUT2D eigenvalue weighted by Crippen LogP contribution is -2.54. The zero-order valence-electron chi connectivity index (χ0n) is 21.8. The molecular weight excluding hydrogens is 490 g/mol. The van der Waals surface area contributed by atoms with Gasteiger partial charge in [-0.1, -0.05) is 97.1 Å². The minimum atomic E-state index is -0.912. The van der Waals surface area contributed by atoms with Crippen molar-refractivity contribution in [2.45, 2.75) is 18.0 Å². The number of benzene rings is 3. The minimum Gasteiger partial charge on any atom is -0.378 e. The van der Waals surface area contributed by atoms with E-state index in [4.69, 9.17) is 4.74 Å². The molecule has 5 rings (SSSR count). The number of carbonyl (C=O) groups is 3. The molecular formula is C32H33N3O4. The smallest absolute Gasteiger partial charge is 0.321 e. The summed E-state index contributed by atoms with van der Waals surface area (Å²) in [5, 5.41) is 2.93. The van der Waals surface area contributed by atoms with Gasteiger partial charge < -0.3 is 19.9 Å². The van der Waals surface area contributed by atoms with Crippen molar-refractivity contribution in [1.29, 1.82) is 0 Å². The molecule has 3 aromatic rings. The number of nitrogens with zero attached hydrogens (tertiary/aromatic N) is 2. The number of likely N-dealkylation sites (tertiary alicyclic amines) is 1. The Morgan fingerprint density at radius 3 is 2.00 bits per heavy atom. The van der Waals surface area contributed by atoms with Gasteiger partial charge in [-0.05, 0) is 11.1 Å². The molecule has 2 aliphatic heterocycles. The first-order valence-electron chi connectivity index (χ1n) is 13.3. The van der Waals surface area contributed by atoms with Crippen molar-refractivity contribution in [3.63, 3.8) is 0 Å². The van der Waals surface area contributed by atoms with Crippen molar-refractivity contribution >= 4 is 17.7 Å². The van der Waals surface area contributed by atoms with Crippen molar-refractivity contribution in [3.05, 3.63) is 120 Å². The topological polar surface area (TPSA) is 79.0 Å². The van der Waals surface area contributed by atoms with E-state index in [0.717, 1.165) is 11.1 Å². The van der Waals surface area contributed by atoms with Crippen molar-refractivity contribution in [2.24, 2.45) is 5.92 Å². The highest BCUT2D eigenvalue weighted by atomic mass is 16.5. The molecule has 0 radical (unpaired) electrons. The quantitative estimate of drug-likeness (QED) is 0.367. The fraction of sp³-hybridized carbons (Fsp3) is 0.281. The van der Waals surface area contributed by atoms with Crippen molar-refractivity contribution in [1.82, 2.24) is 15.1 Å². The lowest BCUT2D eigenvalue weighted by atomic mass is 9.76. The second kappa shape index (κ2) is 12.1. The van der Waals surface area contributed by atoms with Gasteiger partial charge in [0.15, 0.2) is 5.78 Å². The number of hydrogen-bond acceptors (Lipinski definition) is 4. The Morgan fingerprint density at radius 2 is 1.41 bits per heavy atom. The Hall–Kier alpha value is -4.23. The van der Waals surface area contributed by atoms with Crippen LogP contribution in [0, 0.1) is 5.92 Å². The number of nitrogens with one attached hydrogen (secondary N) is 1. The number of ether oxygens (including phenoxy) is 1. The summed E-state index contributed by atoms with van der Waals surface area (Å²) in [5.41, 5.74) is 2.20. The molecule has 0 spiro atoms. The van der Waals surface area contributed by atoms with Crippen LogP contribution in [0.3, 0.4) is 0 Å². The number of ketones is 1. The van der Waals surface area contributed by atoms with Crippen LogP contribution in [0.2, 0.25) is 0 Å². The van der Waals surface area contributed by atoms with E-state index in [1.165, 1.54) is 0 Å².